The van der Waals surface area contributed by atoms with E-state index < -0.39 is 0 Å². The Hall–Kier alpha value is -6.78. The van der Waals surface area contributed by atoms with E-state index in [0.29, 0.717) is 5.82 Å². The third-order valence-electron chi connectivity index (χ3n) is 11.1. The van der Waals surface area contributed by atoms with Gasteiger partial charge in [-0.2, -0.15) is 0 Å². The van der Waals surface area contributed by atoms with E-state index in [1.54, 1.807) is 0 Å². The number of furan rings is 2. The van der Waals surface area contributed by atoms with E-state index in [2.05, 4.69) is 117 Å². The second-order valence-electron chi connectivity index (χ2n) is 14.6. The van der Waals surface area contributed by atoms with Crippen LogP contribution in [0.5, 0.6) is 0 Å². The van der Waals surface area contributed by atoms with Gasteiger partial charge in [0.25, 0.3) is 0 Å². The highest BCUT2D eigenvalue weighted by atomic mass is 16.3. The lowest BCUT2D eigenvalue weighted by atomic mass is 9.81. The zero-order valence-electron chi connectivity index (χ0n) is 29.2. The molecule has 0 amide bonds. The largest absolute Gasteiger partial charge is 0.456 e. The van der Waals surface area contributed by atoms with E-state index in [4.69, 9.17) is 18.8 Å². The highest BCUT2D eigenvalue weighted by Crippen LogP contribution is 2.50. The van der Waals surface area contributed by atoms with E-state index in [-0.39, 0.29) is 5.41 Å². The molecule has 0 atom stereocenters. The molecule has 1 aliphatic carbocycles. The van der Waals surface area contributed by atoms with Gasteiger partial charge in [0.15, 0.2) is 5.82 Å². The molecule has 0 N–H and O–H groups in total. The summed E-state index contributed by atoms with van der Waals surface area (Å²) >= 11 is 0. The Balaban J connectivity index is 1.04. The van der Waals surface area contributed by atoms with Crippen LogP contribution in [0.25, 0.3) is 100 Å². The van der Waals surface area contributed by atoms with Crippen LogP contribution < -0.4 is 0 Å². The molecular formula is C49H32N2O2. The fourth-order valence-electron chi connectivity index (χ4n) is 8.34. The molecule has 0 radical (unpaired) electrons. The molecule has 4 nitrogen and oxygen atoms in total. The first-order valence-electron chi connectivity index (χ1n) is 18.1. The highest BCUT2D eigenvalue weighted by Gasteiger charge is 2.35. The van der Waals surface area contributed by atoms with Gasteiger partial charge in [-0.05, 0) is 81.9 Å². The van der Waals surface area contributed by atoms with Crippen molar-refractivity contribution in [2.24, 2.45) is 0 Å². The molecule has 4 heteroatoms. The van der Waals surface area contributed by atoms with Crippen molar-refractivity contribution >= 4 is 43.9 Å². The first kappa shape index (κ1) is 29.9. The Morgan fingerprint density at radius 2 is 0.887 bits per heavy atom. The summed E-state index contributed by atoms with van der Waals surface area (Å²) in [5.74, 6) is 0.668. The van der Waals surface area contributed by atoms with Crippen LogP contribution in [-0.2, 0) is 5.41 Å². The summed E-state index contributed by atoms with van der Waals surface area (Å²) in [4.78, 5) is 10.2. The Labute approximate surface area is 306 Å². The summed E-state index contributed by atoms with van der Waals surface area (Å²) in [6.07, 6.45) is 0. The minimum atomic E-state index is -0.0573. The Bertz CT molecular complexity index is 3020. The zero-order chi connectivity index (χ0) is 35.3. The summed E-state index contributed by atoms with van der Waals surface area (Å²) in [5.41, 5.74) is 15.8. The second kappa shape index (κ2) is 11.1. The third kappa shape index (κ3) is 4.62. The fraction of sp³-hybridized carbons (Fsp3) is 0.0612. The monoisotopic (exact) mass is 680 g/mol. The first-order valence-corrected chi connectivity index (χ1v) is 18.1. The molecule has 7 aromatic carbocycles. The quantitative estimate of drug-likeness (QED) is 0.186. The smallest absolute Gasteiger partial charge is 0.160 e. The maximum Gasteiger partial charge on any atom is 0.160 e. The number of hydrogen-bond acceptors (Lipinski definition) is 4. The van der Waals surface area contributed by atoms with Gasteiger partial charge >= 0.3 is 0 Å². The maximum absolute atomic E-state index is 6.42. The van der Waals surface area contributed by atoms with Gasteiger partial charge in [-0.15, -0.1) is 0 Å². The first-order chi connectivity index (χ1) is 26.0. The number of benzene rings is 7. The summed E-state index contributed by atoms with van der Waals surface area (Å²) < 4.78 is 12.8. The number of fused-ring (bicyclic) bond motifs is 9. The molecular weight excluding hydrogens is 649 g/mol. The number of rotatable bonds is 4. The van der Waals surface area contributed by atoms with E-state index in [0.717, 1.165) is 72.0 Å². The zero-order valence-corrected chi connectivity index (χ0v) is 29.2. The number of hydrogen-bond donors (Lipinski definition) is 0. The Morgan fingerprint density at radius 1 is 0.377 bits per heavy atom. The van der Waals surface area contributed by atoms with E-state index >= 15 is 0 Å². The maximum atomic E-state index is 6.42. The van der Waals surface area contributed by atoms with Gasteiger partial charge in [-0.3, -0.25) is 0 Å². The van der Waals surface area contributed by atoms with Gasteiger partial charge in [-0.1, -0.05) is 117 Å². The second-order valence-corrected chi connectivity index (χ2v) is 14.6. The molecule has 0 unspecified atom stereocenters. The molecule has 1 aliphatic rings. The molecule has 10 aromatic rings. The normalized spacial score (nSPS) is 13.2. The van der Waals surface area contributed by atoms with Crippen molar-refractivity contribution in [3.63, 3.8) is 0 Å². The van der Waals surface area contributed by atoms with Crippen molar-refractivity contribution in [3.8, 4) is 56.2 Å². The van der Waals surface area contributed by atoms with Crippen LogP contribution in [0.15, 0.2) is 167 Å². The average Bonchev–Trinajstić information content (AvgIpc) is 3.83. The Morgan fingerprint density at radius 3 is 1.55 bits per heavy atom. The topological polar surface area (TPSA) is 52.1 Å². The molecule has 0 bridgehead atoms. The van der Waals surface area contributed by atoms with Gasteiger partial charge in [0.05, 0.1) is 11.4 Å². The lowest BCUT2D eigenvalue weighted by Crippen LogP contribution is -2.14. The third-order valence-corrected chi connectivity index (χ3v) is 11.1. The van der Waals surface area contributed by atoms with Gasteiger partial charge in [0.2, 0.25) is 0 Å². The summed E-state index contributed by atoms with van der Waals surface area (Å²) in [7, 11) is 0. The molecule has 0 spiro atoms. The lowest BCUT2D eigenvalue weighted by molar-refractivity contribution is 0.656. The molecule has 0 saturated carbocycles. The van der Waals surface area contributed by atoms with E-state index in [9.17, 15) is 0 Å². The Kier molecular flexibility index (Phi) is 6.27. The molecule has 0 aliphatic heterocycles. The van der Waals surface area contributed by atoms with Crippen molar-refractivity contribution in [3.05, 3.63) is 169 Å². The van der Waals surface area contributed by atoms with Crippen molar-refractivity contribution in [2.75, 3.05) is 0 Å². The fourth-order valence-corrected chi connectivity index (χ4v) is 8.34. The number of aromatic nitrogens is 2. The SMILES string of the molecule is CC1(C)c2ccccc2-c2ccc(-c3ccc4oc5cc6oc7ccc(-c8nc(-c9ccccc9)cc(-c9ccccc9)n8)cc7c6cc5c4c3)cc21. The molecule has 53 heavy (non-hydrogen) atoms. The standard InChI is InChI=1S/C49H32N2O2/c1-49(2)40-16-10-9-15-34(40)35-20-17-32(25-41(35)49)31-18-21-44-36(23-31)38-26-39-37-24-33(19-22-45(37)53-47(39)28-46(38)52-44)48-50-42(29-11-5-3-6-12-29)27-43(51-48)30-13-7-4-8-14-30/h3-28H,1-2H3. The van der Waals surface area contributed by atoms with Crippen LogP contribution in [0.4, 0.5) is 0 Å². The molecule has 250 valence electrons. The lowest BCUT2D eigenvalue weighted by Gasteiger charge is -2.22. The van der Waals surface area contributed by atoms with Crippen LogP contribution in [-0.4, -0.2) is 9.97 Å². The van der Waals surface area contributed by atoms with Crippen molar-refractivity contribution in [1.82, 2.24) is 9.97 Å². The summed E-state index contributed by atoms with van der Waals surface area (Å²) in [6, 6.07) is 55.3. The van der Waals surface area contributed by atoms with Gasteiger partial charge < -0.3 is 8.83 Å². The van der Waals surface area contributed by atoms with Crippen LogP contribution in [0.2, 0.25) is 0 Å². The highest BCUT2D eigenvalue weighted by molar-refractivity contribution is 6.16. The predicted octanol–water partition coefficient (Wildman–Crippen LogP) is 13.2. The van der Waals surface area contributed by atoms with Crippen LogP contribution in [0, 0.1) is 0 Å². The van der Waals surface area contributed by atoms with Crippen LogP contribution in [0.3, 0.4) is 0 Å². The summed E-state index contributed by atoms with van der Waals surface area (Å²) in [5, 5.41) is 4.19. The number of nitrogens with zero attached hydrogens (tertiary/aromatic N) is 2. The predicted molar refractivity (Wildman–Crippen MR) is 216 cm³/mol. The van der Waals surface area contributed by atoms with E-state index in [1.807, 2.05) is 54.6 Å². The molecule has 0 fully saturated rings. The minimum absolute atomic E-state index is 0.0573. The average molecular weight is 681 g/mol. The minimum Gasteiger partial charge on any atom is -0.456 e. The van der Waals surface area contributed by atoms with Gasteiger partial charge in [0.1, 0.15) is 22.3 Å². The van der Waals surface area contributed by atoms with Crippen molar-refractivity contribution in [2.45, 2.75) is 19.3 Å². The molecule has 3 aromatic heterocycles. The van der Waals surface area contributed by atoms with Crippen LogP contribution in [0.1, 0.15) is 25.0 Å². The van der Waals surface area contributed by atoms with Gasteiger partial charge in [-0.25, -0.2) is 9.97 Å². The molecule has 11 rings (SSSR count). The molecule has 0 saturated heterocycles. The van der Waals surface area contributed by atoms with Crippen molar-refractivity contribution in [1.29, 1.82) is 0 Å². The van der Waals surface area contributed by atoms with Gasteiger partial charge in [0, 0.05) is 49.7 Å². The summed E-state index contributed by atoms with van der Waals surface area (Å²) in [6.45, 7) is 4.66. The molecule has 3 heterocycles. The van der Waals surface area contributed by atoms with Crippen molar-refractivity contribution < 1.29 is 8.83 Å². The van der Waals surface area contributed by atoms with E-state index in [1.165, 1.54) is 33.4 Å². The van der Waals surface area contributed by atoms with Crippen LogP contribution >= 0.6 is 0 Å².